The highest BCUT2D eigenvalue weighted by atomic mass is 79.9. The fraction of sp³-hybridized carbons (Fsp3) is 0.133. The van der Waals surface area contributed by atoms with Crippen LogP contribution in [0.25, 0.3) is 0 Å². The first kappa shape index (κ1) is 15.4. The van der Waals surface area contributed by atoms with Crippen LogP contribution in [0.2, 0.25) is 0 Å². The van der Waals surface area contributed by atoms with Gasteiger partial charge in [0, 0.05) is 11.8 Å². The van der Waals surface area contributed by atoms with E-state index in [0.29, 0.717) is 5.69 Å². The van der Waals surface area contributed by atoms with Crippen LogP contribution < -0.4 is 10.6 Å². The number of amides is 1. The third-order valence-electron chi connectivity index (χ3n) is 2.82. The summed E-state index contributed by atoms with van der Waals surface area (Å²) in [6.45, 7) is 1.57. The average molecular weight is 355 g/mol. The predicted octanol–water partition coefficient (Wildman–Crippen LogP) is 4.17. The van der Waals surface area contributed by atoms with Gasteiger partial charge in [-0.05, 0) is 41.1 Å². The van der Waals surface area contributed by atoms with E-state index < -0.39 is 17.7 Å². The first-order valence-electron chi connectivity index (χ1n) is 6.24. The normalized spacial score (nSPS) is 11.8. The van der Waals surface area contributed by atoms with Crippen molar-refractivity contribution in [1.82, 2.24) is 0 Å². The van der Waals surface area contributed by atoms with E-state index in [9.17, 15) is 13.6 Å². The Kier molecular flexibility index (Phi) is 4.90. The third kappa shape index (κ3) is 4.01. The van der Waals surface area contributed by atoms with Crippen molar-refractivity contribution in [1.29, 1.82) is 0 Å². The van der Waals surface area contributed by atoms with Crippen LogP contribution in [0.5, 0.6) is 0 Å². The zero-order valence-electron chi connectivity index (χ0n) is 11.2. The Labute approximate surface area is 129 Å². The van der Waals surface area contributed by atoms with Crippen molar-refractivity contribution in [2.45, 2.75) is 13.0 Å². The molecule has 0 spiro atoms. The summed E-state index contributed by atoms with van der Waals surface area (Å²) >= 11 is 2.90. The topological polar surface area (TPSA) is 41.1 Å². The van der Waals surface area contributed by atoms with Crippen molar-refractivity contribution in [2.75, 3.05) is 10.6 Å². The average Bonchev–Trinajstić information content (AvgIpc) is 2.45. The predicted molar refractivity (Wildman–Crippen MR) is 82.2 cm³/mol. The molecular weight excluding hydrogens is 342 g/mol. The van der Waals surface area contributed by atoms with Gasteiger partial charge in [0.1, 0.15) is 17.7 Å². The van der Waals surface area contributed by atoms with Gasteiger partial charge >= 0.3 is 0 Å². The van der Waals surface area contributed by atoms with Crippen LogP contribution in [-0.2, 0) is 4.79 Å². The van der Waals surface area contributed by atoms with Crippen LogP contribution in [0.3, 0.4) is 0 Å². The summed E-state index contributed by atoms with van der Waals surface area (Å²) in [5.41, 5.74) is 0.574. The zero-order valence-corrected chi connectivity index (χ0v) is 12.7. The van der Waals surface area contributed by atoms with Crippen molar-refractivity contribution in [3.63, 3.8) is 0 Å². The minimum atomic E-state index is -0.722. The molecule has 0 fully saturated rings. The van der Waals surface area contributed by atoms with Gasteiger partial charge < -0.3 is 10.6 Å². The van der Waals surface area contributed by atoms with Gasteiger partial charge in [-0.3, -0.25) is 4.79 Å². The summed E-state index contributed by atoms with van der Waals surface area (Å²) in [7, 11) is 0. The minimum absolute atomic E-state index is 0.0342. The molecule has 0 aliphatic carbocycles. The molecule has 0 saturated heterocycles. The number of rotatable bonds is 4. The Balaban J connectivity index is 2.06. The van der Waals surface area contributed by atoms with Gasteiger partial charge in [0.15, 0.2) is 0 Å². The van der Waals surface area contributed by atoms with Gasteiger partial charge in [0.2, 0.25) is 5.91 Å². The van der Waals surface area contributed by atoms with Crippen LogP contribution in [0.4, 0.5) is 20.2 Å². The summed E-state index contributed by atoms with van der Waals surface area (Å²) in [6, 6.07) is 10.2. The third-order valence-corrected chi connectivity index (χ3v) is 3.42. The number of carbonyl (C=O) groups is 1. The number of halogens is 3. The van der Waals surface area contributed by atoms with Gasteiger partial charge in [-0.25, -0.2) is 8.78 Å². The van der Waals surface area contributed by atoms with Gasteiger partial charge in [-0.15, -0.1) is 0 Å². The zero-order chi connectivity index (χ0) is 15.4. The van der Waals surface area contributed by atoms with E-state index >= 15 is 0 Å². The molecule has 21 heavy (non-hydrogen) atoms. The number of anilines is 2. The SMILES string of the molecule is CC(Nc1cc(F)c(Br)cc1F)C(=O)Nc1ccccc1. The Hall–Kier alpha value is -1.95. The van der Waals surface area contributed by atoms with Crippen molar-refractivity contribution < 1.29 is 13.6 Å². The van der Waals surface area contributed by atoms with Crippen molar-refractivity contribution in [2.24, 2.45) is 0 Å². The summed E-state index contributed by atoms with van der Waals surface area (Å²) < 4.78 is 27.1. The van der Waals surface area contributed by atoms with Crippen molar-refractivity contribution >= 4 is 33.2 Å². The van der Waals surface area contributed by atoms with Gasteiger partial charge in [0.25, 0.3) is 0 Å². The van der Waals surface area contributed by atoms with Crippen LogP contribution in [0.15, 0.2) is 46.9 Å². The lowest BCUT2D eigenvalue weighted by atomic mass is 10.2. The van der Waals surface area contributed by atoms with E-state index in [0.717, 1.165) is 12.1 Å². The van der Waals surface area contributed by atoms with Gasteiger partial charge in [-0.1, -0.05) is 18.2 Å². The van der Waals surface area contributed by atoms with Crippen LogP contribution >= 0.6 is 15.9 Å². The maximum Gasteiger partial charge on any atom is 0.246 e. The molecule has 2 rings (SSSR count). The standard InChI is InChI=1S/C15H13BrF2N2O/c1-9(15(21)20-10-5-3-2-4-6-10)19-14-8-12(17)11(16)7-13(14)18/h2-9,19H,1H3,(H,20,21). The summed E-state index contributed by atoms with van der Waals surface area (Å²) in [5, 5.41) is 5.33. The molecule has 0 aromatic heterocycles. The second-order valence-corrected chi connectivity index (χ2v) is 5.32. The molecular formula is C15H13BrF2N2O. The second kappa shape index (κ2) is 6.67. The Morgan fingerprint density at radius 3 is 2.48 bits per heavy atom. The molecule has 2 aromatic carbocycles. The second-order valence-electron chi connectivity index (χ2n) is 4.47. The first-order valence-corrected chi connectivity index (χ1v) is 7.03. The monoisotopic (exact) mass is 354 g/mol. The van der Waals surface area contributed by atoms with E-state index in [1.54, 1.807) is 31.2 Å². The van der Waals surface area contributed by atoms with E-state index in [2.05, 4.69) is 26.6 Å². The molecule has 0 saturated carbocycles. The lowest BCUT2D eigenvalue weighted by Gasteiger charge is -2.16. The van der Waals surface area contributed by atoms with E-state index in [1.165, 1.54) is 0 Å². The summed E-state index contributed by atoms with van der Waals surface area (Å²) in [4.78, 5) is 12.0. The smallest absolute Gasteiger partial charge is 0.246 e. The Morgan fingerprint density at radius 2 is 1.81 bits per heavy atom. The summed E-state index contributed by atoms with van der Waals surface area (Å²) in [5.74, 6) is -1.58. The number of nitrogens with one attached hydrogen (secondary N) is 2. The highest BCUT2D eigenvalue weighted by Gasteiger charge is 2.16. The largest absolute Gasteiger partial charge is 0.371 e. The number of benzene rings is 2. The fourth-order valence-corrected chi connectivity index (χ4v) is 2.02. The molecule has 1 amide bonds. The Morgan fingerprint density at radius 1 is 1.14 bits per heavy atom. The molecule has 0 aliphatic heterocycles. The Bertz CT molecular complexity index is 650. The molecule has 0 radical (unpaired) electrons. The molecule has 0 aliphatic rings. The maximum atomic E-state index is 13.7. The molecule has 0 bridgehead atoms. The number of carbonyl (C=O) groups excluding carboxylic acids is 1. The molecule has 1 atom stereocenters. The lowest BCUT2D eigenvalue weighted by Crippen LogP contribution is -2.32. The molecule has 6 heteroatoms. The van der Waals surface area contributed by atoms with Crippen LogP contribution in [0, 0.1) is 11.6 Å². The molecule has 2 aromatic rings. The molecule has 0 heterocycles. The number of hydrogen-bond donors (Lipinski definition) is 2. The van der Waals surface area contributed by atoms with Crippen LogP contribution in [0.1, 0.15) is 6.92 Å². The quantitative estimate of drug-likeness (QED) is 0.809. The molecule has 3 nitrogen and oxygen atoms in total. The highest BCUT2D eigenvalue weighted by Crippen LogP contribution is 2.24. The van der Waals surface area contributed by atoms with Gasteiger partial charge in [0.05, 0.1) is 10.2 Å². The summed E-state index contributed by atoms with van der Waals surface area (Å²) in [6.07, 6.45) is 0. The molecule has 1 unspecified atom stereocenters. The van der Waals surface area contributed by atoms with E-state index in [-0.39, 0.29) is 16.1 Å². The minimum Gasteiger partial charge on any atom is -0.371 e. The lowest BCUT2D eigenvalue weighted by molar-refractivity contribution is -0.116. The highest BCUT2D eigenvalue weighted by molar-refractivity contribution is 9.10. The van der Waals surface area contributed by atoms with Gasteiger partial charge in [-0.2, -0.15) is 0 Å². The molecule has 2 N–H and O–H groups in total. The van der Waals surface area contributed by atoms with Crippen molar-refractivity contribution in [3.8, 4) is 0 Å². The number of hydrogen-bond acceptors (Lipinski definition) is 2. The van der Waals surface area contributed by atoms with E-state index in [4.69, 9.17) is 0 Å². The number of para-hydroxylation sites is 1. The van der Waals surface area contributed by atoms with E-state index in [1.807, 2.05) is 6.07 Å². The fourth-order valence-electron chi connectivity index (χ4n) is 1.70. The molecule has 110 valence electrons. The van der Waals surface area contributed by atoms with Crippen LogP contribution in [-0.4, -0.2) is 11.9 Å². The van der Waals surface area contributed by atoms with Crippen molar-refractivity contribution in [3.05, 3.63) is 58.6 Å². The maximum absolute atomic E-state index is 13.7. The first-order chi connectivity index (χ1) is 9.97.